The quantitative estimate of drug-likeness (QED) is 0.667. The standard InChI is InChI=1S/C20H15BrFN3OS/c21-13-5-7-14(8-6-13)24-11-25-19(26)9-16(15-3-1-2-4-18(15)22)17(10-23)20(25)27-12-24/h1-8,16H,9,11-12H2. The van der Waals surface area contributed by atoms with E-state index < -0.39 is 5.92 Å². The van der Waals surface area contributed by atoms with E-state index in [1.807, 2.05) is 24.3 Å². The summed E-state index contributed by atoms with van der Waals surface area (Å²) in [4.78, 5) is 16.6. The minimum Gasteiger partial charge on any atom is -0.344 e. The number of carbonyl (C=O) groups is 1. The van der Waals surface area contributed by atoms with Crippen LogP contribution in [-0.2, 0) is 4.79 Å². The number of allylic oxidation sites excluding steroid dienone is 1. The second kappa shape index (κ2) is 7.37. The monoisotopic (exact) mass is 443 g/mol. The molecule has 1 fully saturated rings. The van der Waals surface area contributed by atoms with E-state index in [1.165, 1.54) is 17.8 Å². The van der Waals surface area contributed by atoms with Crippen molar-refractivity contribution in [1.29, 1.82) is 5.26 Å². The second-order valence-corrected chi connectivity index (χ2v) is 8.21. The van der Waals surface area contributed by atoms with Gasteiger partial charge in [-0.3, -0.25) is 9.69 Å². The molecule has 2 aliphatic rings. The van der Waals surface area contributed by atoms with Gasteiger partial charge in [0.15, 0.2) is 0 Å². The molecule has 4 rings (SSSR count). The van der Waals surface area contributed by atoms with E-state index in [1.54, 1.807) is 23.1 Å². The molecule has 0 bridgehead atoms. The third-order valence-corrected chi connectivity index (χ3v) is 6.45. The van der Waals surface area contributed by atoms with Crippen LogP contribution in [0, 0.1) is 17.1 Å². The molecule has 4 nitrogen and oxygen atoms in total. The first kappa shape index (κ1) is 18.1. The molecule has 7 heteroatoms. The maximum absolute atomic E-state index is 14.3. The molecule has 0 N–H and O–H groups in total. The van der Waals surface area contributed by atoms with E-state index in [0.717, 1.165) is 10.2 Å². The van der Waals surface area contributed by atoms with Gasteiger partial charge in [0, 0.05) is 22.5 Å². The van der Waals surface area contributed by atoms with Gasteiger partial charge in [0.05, 0.1) is 29.2 Å². The molecule has 136 valence electrons. The molecule has 0 aromatic heterocycles. The van der Waals surface area contributed by atoms with E-state index in [-0.39, 0.29) is 18.1 Å². The van der Waals surface area contributed by atoms with Crippen LogP contribution < -0.4 is 4.90 Å². The fourth-order valence-corrected chi connectivity index (χ4v) is 4.83. The number of benzene rings is 2. The molecule has 27 heavy (non-hydrogen) atoms. The van der Waals surface area contributed by atoms with Gasteiger partial charge in [-0.2, -0.15) is 5.26 Å². The Morgan fingerprint density at radius 2 is 1.93 bits per heavy atom. The lowest BCUT2D eigenvalue weighted by Crippen LogP contribution is -2.47. The summed E-state index contributed by atoms with van der Waals surface area (Å²) in [5, 5.41) is 10.4. The third kappa shape index (κ3) is 3.35. The number of amides is 1. The van der Waals surface area contributed by atoms with Crippen molar-refractivity contribution >= 4 is 39.3 Å². The second-order valence-electron chi connectivity index (χ2n) is 6.36. The predicted octanol–water partition coefficient (Wildman–Crippen LogP) is 4.81. The van der Waals surface area contributed by atoms with Crippen molar-refractivity contribution in [2.45, 2.75) is 12.3 Å². The lowest BCUT2D eigenvalue weighted by atomic mass is 9.86. The van der Waals surface area contributed by atoms with Crippen molar-refractivity contribution in [1.82, 2.24) is 4.90 Å². The highest BCUT2D eigenvalue weighted by atomic mass is 79.9. The molecular weight excluding hydrogens is 429 g/mol. The third-order valence-electron chi connectivity index (χ3n) is 4.77. The van der Waals surface area contributed by atoms with Crippen molar-refractivity contribution in [3.05, 3.63) is 75.0 Å². The Morgan fingerprint density at radius 1 is 1.19 bits per heavy atom. The van der Waals surface area contributed by atoms with Crippen molar-refractivity contribution in [2.75, 3.05) is 17.4 Å². The molecule has 1 unspecified atom stereocenters. The maximum atomic E-state index is 14.3. The summed E-state index contributed by atoms with van der Waals surface area (Å²) in [6, 6.07) is 16.5. The van der Waals surface area contributed by atoms with Crippen LogP contribution in [0.5, 0.6) is 0 Å². The number of hydrogen-bond donors (Lipinski definition) is 0. The number of carbonyl (C=O) groups excluding carboxylic acids is 1. The Hall–Kier alpha value is -2.30. The van der Waals surface area contributed by atoms with Gasteiger partial charge < -0.3 is 4.90 Å². The van der Waals surface area contributed by atoms with Crippen molar-refractivity contribution < 1.29 is 9.18 Å². The molecule has 1 atom stereocenters. The Labute approximate surface area is 169 Å². The number of hydrogen-bond acceptors (Lipinski definition) is 4. The largest absolute Gasteiger partial charge is 0.344 e. The number of nitrogens with zero attached hydrogens (tertiary/aromatic N) is 3. The highest BCUT2D eigenvalue weighted by Crippen LogP contribution is 2.43. The molecule has 0 spiro atoms. The van der Waals surface area contributed by atoms with Gasteiger partial charge in [-0.15, -0.1) is 0 Å². The van der Waals surface area contributed by atoms with E-state index in [9.17, 15) is 14.4 Å². The highest BCUT2D eigenvalue weighted by Gasteiger charge is 2.39. The Morgan fingerprint density at radius 3 is 2.63 bits per heavy atom. The summed E-state index contributed by atoms with van der Waals surface area (Å²) in [6.45, 7) is 0.387. The van der Waals surface area contributed by atoms with Gasteiger partial charge in [-0.25, -0.2) is 4.39 Å². The van der Waals surface area contributed by atoms with Crippen molar-refractivity contribution in [2.24, 2.45) is 0 Å². The van der Waals surface area contributed by atoms with Crippen molar-refractivity contribution in [3.63, 3.8) is 0 Å². The molecule has 2 heterocycles. The minimum atomic E-state index is -0.526. The van der Waals surface area contributed by atoms with Gasteiger partial charge in [-0.05, 0) is 35.9 Å². The van der Waals surface area contributed by atoms with Crippen LogP contribution in [0.3, 0.4) is 0 Å². The zero-order valence-corrected chi connectivity index (χ0v) is 16.6. The predicted molar refractivity (Wildman–Crippen MR) is 107 cm³/mol. The summed E-state index contributed by atoms with van der Waals surface area (Å²) in [5.74, 6) is -0.377. The fraction of sp³-hybridized carbons (Fsp3) is 0.200. The minimum absolute atomic E-state index is 0.0911. The number of anilines is 1. The van der Waals surface area contributed by atoms with Crippen LogP contribution >= 0.6 is 27.7 Å². The first-order chi connectivity index (χ1) is 13.1. The van der Waals surface area contributed by atoms with Crippen LogP contribution in [0.2, 0.25) is 0 Å². The number of thioether (sulfide) groups is 1. The van der Waals surface area contributed by atoms with Crippen LogP contribution in [0.25, 0.3) is 0 Å². The average molecular weight is 444 g/mol. The first-order valence-corrected chi connectivity index (χ1v) is 10.2. The number of halogens is 2. The molecule has 1 amide bonds. The molecule has 0 aliphatic carbocycles. The lowest BCUT2D eigenvalue weighted by Gasteiger charge is -2.42. The van der Waals surface area contributed by atoms with Crippen LogP contribution in [0.1, 0.15) is 17.9 Å². The topological polar surface area (TPSA) is 47.3 Å². The summed E-state index contributed by atoms with van der Waals surface area (Å²) in [5.41, 5.74) is 1.89. The molecule has 1 saturated heterocycles. The summed E-state index contributed by atoms with van der Waals surface area (Å²) < 4.78 is 15.3. The average Bonchev–Trinajstić information content (AvgIpc) is 2.69. The molecule has 2 aliphatic heterocycles. The lowest BCUT2D eigenvalue weighted by molar-refractivity contribution is -0.129. The molecule has 0 saturated carbocycles. The zero-order valence-electron chi connectivity index (χ0n) is 14.2. The summed E-state index contributed by atoms with van der Waals surface area (Å²) in [6.07, 6.45) is 0.0993. The van der Waals surface area contributed by atoms with Gasteiger partial charge in [0.25, 0.3) is 0 Å². The summed E-state index contributed by atoms with van der Waals surface area (Å²) in [7, 11) is 0. The van der Waals surface area contributed by atoms with Gasteiger partial charge in [0.2, 0.25) is 5.91 Å². The van der Waals surface area contributed by atoms with Crippen LogP contribution in [-0.4, -0.2) is 23.4 Å². The highest BCUT2D eigenvalue weighted by molar-refractivity contribution is 9.10. The van der Waals surface area contributed by atoms with Crippen LogP contribution in [0.4, 0.5) is 10.1 Å². The number of nitriles is 1. The van der Waals surface area contributed by atoms with Crippen molar-refractivity contribution in [3.8, 4) is 6.07 Å². The van der Waals surface area contributed by atoms with Gasteiger partial charge in [0.1, 0.15) is 5.82 Å². The normalized spacial score (nSPS) is 19.7. The van der Waals surface area contributed by atoms with Gasteiger partial charge in [-0.1, -0.05) is 45.9 Å². The Kier molecular flexibility index (Phi) is 4.94. The first-order valence-electron chi connectivity index (χ1n) is 8.41. The molecule has 0 radical (unpaired) electrons. The maximum Gasteiger partial charge on any atom is 0.229 e. The van der Waals surface area contributed by atoms with Gasteiger partial charge >= 0.3 is 0 Å². The Bertz CT molecular complexity index is 970. The van der Waals surface area contributed by atoms with E-state index >= 15 is 0 Å². The van der Waals surface area contributed by atoms with E-state index in [4.69, 9.17) is 0 Å². The zero-order chi connectivity index (χ0) is 19.0. The fourth-order valence-electron chi connectivity index (χ4n) is 3.40. The molecule has 2 aromatic rings. The van der Waals surface area contributed by atoms with Crippen LogP contribution in [0.15, 0.2) is 63.6 Å². The number of fused-ring (bicyclic) bond motifs is 1. The number of rotatable bonds is 2. The van der Waals surface area contributed by atoms with E-state index in [2.05, 4.69) is 26.9 Å². The Balaban J connectivity index is 1.68. The SMILES string of the molecule is N#CC1=C2SCN(c3ccc(Br)cc3)CN2C(=O)CC1c1ccccc1F. The summed E-state index contributed by atoms with van der Waals surface area (Å²) >= 11 is 4.87. The molecular formula is C20H15BrFN3OS. The molecule has 2 aromatic carbocycles. The smallest absolute Gasteiger partial charge is 0.229 e. The van der Waals surface area contributed by atoms with E-state index in [0.29, 0.717) is 28.7 Å².